The number of alkyl halides is 1. The zero-order valence-electron chi connectivity index (χ0n) is 11.1. The maximum Gasteiger partial charge on any atom is 0.0991 e. The van der Waals surface area contributed by atoms with Gasteiger partial charge in [-0.1, -0.05) is 28.1 Å². The summed E-state index contributed by atoms with van der Waals surface area (Å²) in [6, 6.07) is 15.9. The standard InChI is InChI=1S/C16H14BrClN2/c1-20(11-13-4-2-3-12(7-13)10-19)16-6-5-15(17)8-14(16)9-18/h2-8H,9,11H2,1H3. The van der Waals surface area contributed by atoms with Gasteiger partial charge in [-0.05, 0) is 41.5 Å². The van der Waals surface area contributed by atoms with Crippen LogP contribution in [-0.4, -0.2) is 7.05 Å². The predicted octanol–water partition coefficient (Wildman–Crippen LogP) is 4.70. The zero-order valence-corrected chi connectivity index (χ0v) is 13.4. The Bertz CT molecular complexity index is 649. The number of nitriles is 1. The maximum absolute atomic E-state index is 8.94. The summed E-state index contributed by atoms with van der Waals surface area (Å²) in [4.78, 5) is 2.14. The largest absolute Gasteiger partial charge is 0.370 e. The van der Waals surface area contributed by atoms with Crippen molar-refractivity contribution >= 4 is 33.2 Å². The molecule has 0 saturated heterocycles. The SMILES string of the molecule is CN(Cc1cccc(C#N)c1)c1ccc(Br)cc1CCl. The van der Waals surface area contributed by atoms with E-state index in [1.807, 2.05) is 43.4 Å². The third-order valence-electron chi connectivity index (χ3n) is 3.07. The summed E-state index contributed by atoms with van der Waals surface area (Å²) in [5, 5.41) is 8.94. The van der Waals surface area contributed by atoms with Crippen LogP contribution < -0.4 is 4.90 Å². The Morgan fingerprint density at radius 1 is 1.25 bits per heavy atom. The first kappa shape index (κ1) is 14.9. The fourth-order valence-electron chi connectivity index (χ4n) is 2.13. The van der Waals surface area contributed by atoms with Gasteiger partial charge in [0.2, 0.25) is 0 Å². The molecule has 0 N–H and O–H groups in total. The lowest BCUT2D eigenvalue weighted by atomic mass is 10.1. The zero-order chi connectivity index (χ0) is 14.5. The molecule has 0 spiro atoms. The van der Waals surface area contributed by atoms with Crippen LogP contribution in [-0.2, 0) is 12.4 Å². The molecule has 0 aliphatic heterocycles. The number of anilines is 1. The van der Waals surface area contributed by atoms with E-state index in [2.05, 4.69) is 33.0 Å². The van der Waals surface area contributed by atoms with Gasteiger partial charge in [-0.3, -0.25) is 0 Å². The molecule has 0 atom stereocenters. The highest BCUT2D eigenvalue weighted by molar-refractivity contribution is 9.10. The van der Waals surface area contributed by atoms with E-state index in [0.29, 0.717) is 11.4 Å². The van der Waals surface area contributed by atoms with E-state index in [4.69, 9.17) is 16.9 Å². The highest BCUT2D eigenvalue weighted by Gasteiger charge is 2.08. The molecule has 0 heterocycles. The summed E-state index contributed by atoms with van der Waals surface area (Å²) in [5.41, 5.74) is 3.98. The Kier molecular flexibility index (Phi) is 5.05. The summed E-state index contributed by atoms with van der Waals surface area (Å²) in [6.07, 6.45) is 0. The van der Waals surface area contributed by atoms with Gasteiger partial charge in [0.25, 0.3) is 0 Å². The van der Waals surface area contributed by atoms with E-state index < -0.39 is 0 Å². The van der Waals surface area contributed by atoms with Crippen LogP contribution in [0.25, 0.3) is 0 Å². The molecule has 0 saturated carbocycles. The van der Waals surface area contributed by atoms with Gasteiger partial charge in [0.05, 0.1) is 11.6 Å². The Balaban J connectivity index is 2.23. The lowest BCUT2D eigenvalue weighted by Crippen LogP contribution is -2.17. The van der Waals surface area contributed by atoms with Gasteiger partial charge in [-0.15, -0.1) is 11.6 Å². The Morgan fingerprint density at radius 2 is 2.05 bits per heavy atom. The number of benzene rings is 2. The minimum absolute atomic E-state index is 0.470. The molecule has 2 nitrogen and oxygen atoms in total. The van der Waals surface area contributed by atoms with Crippen LogP contribution in [0.3, 0.4) is 0 Å². The van der Waals surface area contributed by atoms with Crippen LogP contribution in [0, 0.1) is 11.3 Å². The van der Waals surface area contributed by atoms with Crippen LogP contribution in [0.15, 0.2) is 46.9 Å². The molecule has 2 rings (SSSR count). The van der Waals surface area contributed by atoms with Crippen LogP contribution >= 0.6 is 27.5 Å². The van der Waals surface area contributed by atoms with Gasteiger partial charge >= 0.3 is 0 Å². The summed E-state index contributed by atoms with van der Waals surface area (Å²) >= 11 is 9.47. The second kappa shape index (κ2) is 6.78. The van der Waals surface area contributed by atoms with Crippen LogP contribution in [0.5, 0.6) is 0 Å². The molecule has 2 aromatic carbocycles. The molecular weight excluding hydrogens is 336 g/mol. The quantitative estimate of drug-likeness (QED) is 0.748. The molecule has 0 aromatic heterocycles. The lowest BCUT2D eigenvalue weighted by molar-refractivity contribution is 0.915. The number of nitrogens with zero attached hydrogens (tertiary/aromatic N) is 2. The average molecular weight is 350 g/mol. The minimum atomic E-state index is 0.470. The van der Waals surface area contributed by atoms with E-state index in [9.17, 15) is 0 Å². The van der Waals surface area contributed by atoms with Crippen molar-refractivity contribution in [2.24, 2.45) is 0 Å². The van der Waals surface area contributed by atoms with Crippen molar-refractivity contribution < 1.29 is 0 Å². The molecule has 0 amide bonds. The summed E-state index contributed by atoms with van der Waals surface area (Å²) in [6.45, 7) is 0.737. The van der Waals surface area contributed by atoms with E-state index in [0.717, 1.165) is 27.8 Å². The van der Waals surface area contributed by atoms with E-state index in [-0.39, 0.29) is 0 Å². The number of hydrogen-bond acceptors (Lipinski definition) is 2. The Hall–Kier alpha value is -1.50. The van der Waals surface area contributed by atoms with Gasteiger partial charge in [0, 0.05) is 29.6 Å². The first-order chi connectivity index (χ1) is 9.63. The molecule has 4 heteroatoms. The molecule has 0 unspecified atom stereocenters. The first-order valence-electron chi connectivity index (χ1n) is 6.18. The van der Waals surface area contributed by atoms with Crippen molar-refractivity contribution in [2.75, 3.05) is 11.9 Å². The first-order valence-corrected chi connectivity index (χ1v) is 7.51. The summed E-state index contributed by atoms with van der Waals surface area (Å²) in [5.74, 6) is 0.470. The number of rotatable bonds is 4. The molecular formula is C16H14BrClN2. The van der Waals surface area contributed by atoms with Gasteiger partial charge in [-0.25, -0.2) is 0 Å². The van der Waals surface area contributed by atoms with Crippen molar-refractivity contribution in [1.29, 1.82) is 5.26 Å². The summed E-state index contributed by atoms with van der Waals surface area (Å²) in [7, 11) is 2.03. The molecule has 0 aliphatic carbocycles. The molecule has 0 fully saturated rings. The third-order valence-corrected chi connectivity index (χ3v) is 3.85. The Labute approximate surface area is 132 Å². The second-order valence-electron chi connectivity index (χ2n) is 4.57. The third kappa shape index (κ3) is 3.53. The topological polar surface area (TPSA) is 27.0 Å². The smallest absolute Gasteiger partial charge is 0.0991 e. The minimum Gasteiger partial charge on any atom is -0.370 e. The normalized spacial score (nSPS) is 10.1. The highest BCUT2D eigenvalue weighted by Crippen LogP contribution is 2.26. The highest BCUT2D eigenvalue weighted by atomic mass is 79.9. The molecule has 20 heavy (non-hydrogen) atoms. The van der Waals surface area contributed by atoms with Gasteiger partial charge in [-0.2, -0.15) is 5.26 Å². The van der Waals surface area contributed by atoms with E-state index in [1.54, 1.807) is 0 Å². The van der Waals surface area contributed by atoms with Gasteiger partial charge in [0.15, 0.2) is 0 Å². The fraction of sp³-hybridized carbons (Fsp3) is 0.188. The summed E-state index contributed by atoms with van der Waals surface area (Å²) < 4.78 is 1.02. The molecule has 0 radical (unpaired) electrons. The number of hydrogen-bond donors (Lipinski definition) is 0. The van der Waals surface area contributed by atoms with Crippen LogP contribution in [0.2, 0.25) is 0 Å². The molecule has 0 aliphatic rings. The van der Waals surface area contributed by atoms with Crippen LogP contribution in [0.1, 0.15) is 16.7 Å². The molecule has 102 valence electrons. The Morgan fingerprint density at radius 3 is 2.75 bits per heavy atom. The maximum atomic E-state index is 8.94. The number of halogens is 2. The van der Waals surface area contributed by atoms with Gasteiger partial charge < -0.3 is 4.90 Å². The van der Waals surface area contributed by atoms with Gasteiger partial charge in [0.1, 0.15) is 0 Å². The van der Waals surface area contributed by atoms with E-state index in [1.165, 1.54) is 0 Å². The van der Waals surface area contributed by atoms with Crippen molar-refractivity contribution in [2.45, 2.75) is 12.4 Å². The monoisotopic (exact) mass is 348 g/mol. The average Bonchev–Trinajstić information content (AvgIpc) is 2.47. The second-order valence-corrected chi connectivity index (χ2v) is 5.76. The lowest BCUT2D eigenvalue weighted by Gasteiger charge is -2.22. The molecule has 2 aromatic rings. The van der Waals surface area contributed by atoms with Crippen molar-refractivity contribution in [3.63, 3.8) is 0 Å². The fourth-order valence-corrected chi connectivity index (χ4v) is 2.75. The van der Waals surface area contributed by atoms with Crippen molar-refractivity contribution in [3.05, 3.63) is 63.6 Å². The van der Waals surface area contributed by atoms with Crippen molar-refractivity contribution in [1.82, 2.24) is 0 Å². The molecule has 0 bridgehead atoms. The predicted molar refractivity (Wildman–Crippen MR) is 87.0 cm³/mol. The van der Waals surface area contributed by atoms with Crippen molar-refractivity contribution in [3.8, 4) is 6.07 Å². The van der Waals surface area contributed by atoms with E-state index >= 15 is 0 Å². The van der Waals surface area contributed by atoms with Crippen LogP contribution in [0.4, 0.5) is 5.69 Å².